The zero-order chi connectivity index (χ0) is 14.3. The summed E-state index contributed by atoms with van der Waals surface area (Å²) in [5, 5.41) is 3.42. The number of rotatable bonds is 7. The summed E-state index contributed by atoms with van der Waals surface area (Å²) in [5.41, 5.74) is 0. The SMILES string of the molecule is CCC(CC)CC1CCNC(C(=O)N(CC)CC)C1. The van der Waals surface area contributed by atoms with Crippen LogP contribution in [0.25, 0.3) is 0 Å². The molecule has 112 valence electrons. The van der Waals surface area contributed by atoms with Crippen LogP contribution in [0.3, 0.4) is 0 Å². The summed E-state index contributed by atoms with van der Waals surface area (Å²) in [6, 6.07) is 0.0630. The maximum Gasteiger partial charge on any atom is 0.239 e. The highest BCUT2D eigenvalue weighted by Crippen LogP contribution is 2.27. The molecular weight excluding hydrogens is 236 g/mol. The van der Waals surface area contributed by atoms with E-state index in [1.54, 1.807) is 0 Å². The molecule has 1 aliphatic heterocycles. The van der Waals surface area contributed by atoms with Crippen molar-refractivity contribution in [1.82, 2.24) is 10.2 Å². The van der Waals surface area contributed by atoms with E-state index in [2.05, 4.69) is 33.0 Å². The van der Waals surface area contributed by atoms with Crippen LogP contribution in [0.4, 0.5) is 0 Å². The van der Waals surface area contributed by atoms with Crippen LogP contribution in [0.5, 0.6) is 0 Å². The normalized spacial score (nSPS) is 23.6. The Labute approximate surface area is 119 Å². The molecule has 1 N–H and O–H groups in total. The number of nitrogens with one attached hydrogen (secondary N) is 1. The molecule has 1 rings (SSSR count). The van der Waals surface area contributed by atoms with Crippen LogP contribution in [0.2, 0.25) is 0 Å². The number of likely N-dealkylation sites (N-methyl/N-ethyl adjacent to an activating group) is 1. The number of nitrogens with zero attached hydrogens (tertiary/aromatic N) is 1. The van der Waals surface area contributed by atoms with Crippen molar-refractivity contribution < 1.29 is 4.79 Å². The van der Waals surface area contributed by atoms with Gasteiger partial charge >= 0.3 is 0 Å². The molecule has 0 radical (unpaired) electrons. The van der Waals surface area contributed by atoms with Gasteiger partial charge in [0.15, 0.2) is 0 Å². The smallest absolute Gasteiger partial charge is 0.239 e. The highest BCUT2D eigenvalue weighted by atomic mass is 16.2. The van der Waals surface area contributed by atoms with Gasteiger partial charge in [-0.05, 0) is 51.5 Å². The lowest BCUT2D eigenvalue weighted by atomic mass is 9.82. The molecule has 2 unspecified atom stereocenters. The predicted molar refractivity (Wildman–Crippen MR) is 81.1 cm³/mol. The molecule has 3 nitrogen and oxygen atoms in total. The quantitative estimate of drug-likeness (QED) is 0.769. The van der Waals surface area contributed by atoms with Gasteiger partial charge in [-0.2, -0.15) is 0 Å². The van der Waals surface area contributed by atoms with Gasteiger partial charge in [0.25, 0.3) is 0 Å². The highest BCUT2D eigenvalue weighted by molar-refractivity contribution is 5.82. The van der Waals surface area contributed by atoms with E-state index < -0.39 is 0 Å². The van der Waals surface area contributed by atoms with Gasteiger partial charge in [-0.25, -0.2) is 0 Å². The first-order valence-electron chi connectivity index (χ1n) is 8.18. The van der Waals surface area contributed by atoms with E-state index in [4.69, 9.17) is 0 Å². The average Bonchev–Trinajstić information content (AvgIpc) is 2.46. The van der Waals surface area contributed by atoms with Crippen molar-refractivity contribution in [3.05, 3.63) is 0 Å². The van der Waals surface area contributed by atoms with Crippen molar-refractivity contribution in [3.63, 3.8) is 0 Å². The third kappa shape index (κ3) is 4.79. The second-order valence-electron chi connectivity index (χ2n) is 5.83. The molecule has 0 aromatic heterocycles. The molecule has 0 spiro atoms. The molecule has 0 aromatic carbocycles. The molecule has 3 heteroatoms. The van der Waals surface area contributed by atoms with E-state index in [1.165, 1.54) is 25.7 Å². The maximum atomic E-state index is 12.4. The van der Waals surface area contributed by atoms with Crippen LogP contribution in [-0.2, 0) is 4.79 Å². The summed E-state index contributed by atoms with van der Waals surface area (Å²) in [5.74, 6) is 1.88. The van der Waals surface area contributed by atoms with Crippen molar-refractivity contribution in [1.29, 1.82) is 0 Å². The minimum atomic E-state index is 0.0630. The van der Waals surface area contributed by atoms with Crippen molar-refractivity contribution in [2.75, 3.05) is 19.6 Å². The van der Waals surface area contributed by atoms with Gasteiger partial charge < -0.3 is 10.2 Å². The van der Waals surface area contributed by atoms with Gasteiger partial charge in [0.1, 0.15) is 0 Å². The van der Waals surface area contributed by atoms with Crippen LogP contribution >= 0.6 is 0 Å². The highest BCUT2D eigenvalue weighted by Gasteiger charge is 2.29. The van der Waals surface area contributed by atoms with Crippen LogP contribution in [0.15, 0.2) is 0 Å². The summed E-state index contributed by atoms with van der Waals surface area (Å²) >= 11 is 0. The van der Waals surface area contributed by atoms with Crippen molar-refractivity contribution in [2.45, 2.75) is 65.8 Å². The first-order valence-corrected chi connectivity index (χ1v) is 8.18. The van der Waals surface area contributed by atoms with Gasteiger partial charge in [-0.3, -0.25) is 4.79 Å². The van der Waals surface area contributed by atoms with E-state index in [-0.39, 0.29) is 6.04 Å². The zero-order valence-electron chi connectivity index (χ0n) is 13.2. The molecule has 1 aliphatic rings. The third-order valence-electron chi connectivity index (χ3n) is 4.71. The minimum absolute atomic E-state index is 0.0630. The monoisotopic (exact) mass is 268 g/mol. The van der Waals surface area contributed by atoms with Crippen LogP contribution in [0, 0.1) is 11.8 Å². The molecule has 1 saturated heterocycles. The molecule has 0 saturated carbocycles. The largest absolute Gasteiger partial charge is 0.342 e. The van der Waals surface area contributed by atoms with Crippen molar-refractivity contribution in [3.8, 4) is 0 Å². The zero-order valence-corrected chi connectivity index (χ0v) is 13.2. The minimum Gasteiger partial charge on any atom is -0.342 e. The Morgan fingerprint density at radius 2 is 1.84 bits per heavy atom. The molecule has 0 aromatic rings. The Hall–Kier alpha value is -0.570. The second-order valence-corrected chi connectivity index (χ2v) is 5.83. The summed E-state index contributed by atoms with van der Waals surface area (Å²) in [6.07, 6.45) is 6.12. The maximum absolute atomic E-state index is 12.4. The first-order chi connectivity index (χ1) is 9.15. The molecule has 2 atom stereocenters. The standard InChI is InChI=1S/C16H32N2O/c1-5-13(6-2)11-14-9-10-17-15(12-14)16(19)18(7-3)8-4/h13-15,17H,5-12H2,1-4H3. The fraction of sp³-hybridized carbons (Fsp3) is 0.938. The fourth-order valence-electron chi connectivity index (χ4n) is 3.25. The fourth-order valence-corrected chi connectivity index (χ4v) is 3.25. The Morgan fingerprint density at radius 1 is 1.21 bits per heavy atom. The predicted octanol–water partition coefficient (Wildman–Crippen LogP) is 3.05. The number of carbonyl (C=O) groups is 1. The van der Waals surface area contributed by atoms with E-state index in [0.29, 0.717) is 5.91 Å². The lowest BCUT2D eigenvalue weighted by molar-refractivity contribution is -0.134. The summed E-state index contributed by atoms with van der Waals surface area (Å²) in [4.78, 5) is 14.3. The van der Waals surface area contributed by atoms with Crippen molar-refractivity contribution in [2.24, 2.45) is 11.8 Å². The number of carbonyl (C=O) groups excluding carboxylic acids is 1. The first kappa shape index (κ1) is 16.5. The number of amides is 1. The van der Waals surface area contributed by atoms with Crippen LogP contribution < -0.4 is 5.32 Å². The average molecular weight is 268 g/mol. The summed E-state index contributed by atoms with van der Waals surface area (Å²) < 4.78 is 0. The van der Waals surface area contributed by atoms with Gasteiger partial charge in [-0.15, -0.1) is 0 Å². The van der Waals surface area contributed by atoms with Crippen LogP contribution in [-0.4, -0.2) is 36.5 Å². The molecule has 1 amide bonds. The molecule has 19 heavy (non-hydrogen) atoms. The summed E-state index contributed by atoms with van der Waals surface area (Å²) in [7, 11) is 0. The second kappa shape index (κ2) is 8.57. The molecule has 1 heterocycles. The van der Waals surface area contributed by atoms with E-state index in [1.807, 2.05) is 4.90 Å². The number of piperidine rings is 1. The van der Waals surface area contributed by atoms with Gasteiger partial charge in [0.05, 0.1) is 6.04 Å². The van der Waals surface area contributed by atoms with Gasteiger partial charge in [0.2, 0.25) is 5.91 Å². The lowest BCUT2D eigenvalue weighted by Gasteiger charge is -2.34. The topological polar surface area (TPSA) is 32.3 Å². The third-order valence-corrected chi connectivity index (χ3v) is 4.71. The molecule has 0 aliphatic carbocycles. The van der Waals surface area contributed by atoms with E-state index >= 15 is 0 Å². The Kier molecular flexibility index (Phi) is 7.44. The van der Waals surface area contributed by atoms with E-state index in [9.17, 15) is 4.79 Å². The van der Waals surface area contributed by atoms with Gasteiger partial charge in [-0.1, -0.05) is 26.7 Å². The Bertz CT molecular complexity index is 259. The Morgan fingerprint density at radius 3 is 2.37 bits per heavy atom. The molecular formula is C16H32N2O. The molecule has 1 fully saturated rings. The number of hydrogen-bond acceptors (Lipinski definition) is 2. The lowest BCUT2D eigenvalue weighted by Crippen LogP contribution is -2.50. The summed E-state index contributed by atoms with van der Waals surface area (Å²) in [6.45, 7) is 11.3. The van der Waals surface area contributed by atoms with Gasteiger partial charge in [0, 0.05) is 13.1 Å². The van der Waals surface area contributed by atoms with Crippen LogP contribution in [0.1, 0.15) is 59.8 Å². The van der Waals surface area contributed by atoms with E-state index in [0.717, 1.165) is 37.9 Å². The molecule has 0 bridgehead atoms. The number of hydrogen-bond donors (Lipinski definition) is 1. The van der Waals surface area contributed by atoms with Crippen molar-refractivity contribution >= 4 is 5.91 Å². The Balaban J connectivity index is 2.51.